The summed E-state index contributed by atoms with van der Waals surface area (Å²) in [5.41, 5.74) is 0. The molecule has 2 nitrogen and oxygen atoms in total. The second-order valence-corrected chi connectivity index (χ2v) is 4.17. The lowest BCUT2D eigenvalue weighted by molar-refractivity contribution is -0.0461. The zero-order valence-corrected chi connectivity index (χ0v) is 8.83. The Morgan fingerprint density at radius 3 is 2.69 bits per heavy atom. The Morgan fingerprint density at radius 1 is 1.38 bits per heavy atom. The summed E-state index contributed by atoms with van der Waals surface area (Å²) in [5, 5.41) is 9.12. The Kier molecular flexibility index (Phi) is 4.74. The van der Waals surface area contributed by atoms with Gasteiger partial charge in [0.2, 0.25) is 0 Å². The molecule has 1 aliphatic carbocycles. The molecule has 0 heterocycles. The molecule has 1 rings (SSSR count). The van der Waals surface area contributed by atoms with Crippen LogP contribution in [0.5, 0.6) is 0 Å². The fraction of sp³-hybridized carbons (Fsp3) is 1.00. The van der Waals surface area contributed by atoms with E-state index >= 15 is 0 Å². The summed E-state index contributed by atoms with van der Waals surface area (Å²) in [6, 6.07) is 0. The lowest BCUT2D eigenvalue weighted by atomic mass is 9.85. The van der Waals surface area contributed by atoms with Crippen LogP contribution < -0.4 is 0 Å². The van der Waals surface area contributed by atoms with Gasteiger partial charge in [0, 0.05) is 0 Å². The van der Waals surface area contributed by atoms with Crippen LogP contribution in [0.4, 0.5) is 0 Å². The normalized spacial score (nSPS) is 31.6. The zero-order chi connectivity index (χ0) is 9.68. The number of hydrogen-bond acceptors (Lipinski definition) is 2. The van der Waals surface area contributed by atoms with Crippen molar-refractivity contribution in [3.05, 3.63) is 0 Å². The van der Waals surface area contributed by atoms with Crippen LogP contribution in [0, 0.1) is 5.92 Å². The highest BCUT2D eigenvalue weighted by atomic mass is 16.5. The van der Waals surface area contributed by atoms with Crippen molar-refractivity contribution in [2.24, 2.45) is 5.92 Å². The Balaban J connectivity index is 2.27. The van der Waals surface area contributed by atoms with Crippen molar-refractivity contribution in [2.75, 3.05) is 6.61 Å². The summed E-state index contributed by atoms with van der Waals surface area (Å²) >= 11 is 0. The number of ether oxygens (including phenoxy) is 1. The van der Waals surface area contributed by atoms with Gasteiger partial charge in [0.15, 0.2) is 0 Å². The molecule has 1 N–H and O–H groups in total. The average Bonchev–Trinajstić information content (AvgIpc) is 2.15. The van der Waals surface area contributed by atoms with Crippen LogP contribution in [-0.4, -0.2) is 23.9 Å². The van der Waals surface area contributed by atoms with Crippen molar-refractivity contribution in [3.63, 3.8) is 0 Å². The van der Waals surface area contributed by atoms with Crippen LogP contribution >= 0.6 is 0 Å². The van der Waals surface area contributed by atoms with Crippen molar-refractivity contribution in [1.29, 1.82) is 0 Å². The Labute approximate surface area is 81.3 Å². The molecule has 1 aliphatic rings. The third-order valence-corrected chi connectivity index (χ3v) is 2.92. The Bertz CT molecular complexity index is 134. The monoisotopic (exact) mass is 186 g/mol. The maximum absolute atomic E-state index is 9.12. The number of aliphatic hydroxyl groups excluding tert-OH is 1. The fourth-order valence-corrected chi connectivity index (χ4v) is 2.12. The lowest BCUT2D eigenvalue weighted by Crippen LogP contribution is -2.29. The predicted molar refractivity (Wildman–Crippen MR) is 53.7 cm³/mol. The van der Waals surface area contributed by atoms with Crippen LogP contribution in [0.15, 0.2) is 0 Å². The molecule has 78 valence electrons. The third kappa shape index (κ3) is 3.65. The summed E-state index contributed by atoms with van der Waals surface area (Å²) in [7, 11) is 0. The average molecular weight is 186 g/mol. The van der Waals surface area contributed by atoms with E-state index in [9.17, 15) is 0 Å². The van der Waals surface area contributed by atoms with E-state index in [0.717, 1.165) is 5.92 Å². The minimum absolute atomic E-state index is 0.320. The highest BCUT2D eigenvalue weighted by Gasteiger charge is 2.24. The number of aliphatic hydroxyl groups is 1. The Hall–Kier alpha value is -0.0800. The lowest BCUT2D eigenvalue weighted by Gasteiger charge is -2.31. The van der Waals surface area contributed by atoms with Crippen molar-refractivity contribution in [1.82, 2.24) is 0 Å². The third-order valence-electron chi connectivity index (χ3n) is 2.92. The molecule has 2 heteroatoms. The van der Waals surface area contributed by atoms with E-state index in [1.807, 2.05) is 0 Å². The molecule has 0 spiro atoms. The molecule has 3 atom stereocenters. The van der Waals surface area contributed by atoms with Crippen molar-refractivity contribution in [2.45, 2.75) is 58.2 Å². The summed E-state index contributed by atoms with van der Waals surface area (Å²) in [6.45, 7) is 4.51. The molecular weight excluding hydrogens is 164 g/mol. The second kappa shape index (κ2) is 5.61. The van der Waals surface area contributed by atoms with Gasteiger partial charge in [-0.25, -0.2) is 0 Å². The van der Waals surface area contributed by atoms with Gasteiger partial charge in [-0.2, -0.15) is 0 Å². The Morgan fingerprint density at radius 2 is 2.08 bits per heavy atom. The fourth-order valence-electron chi connectivity index (χ4n) is 2.12. The first-order valence-corrected chi connectivity index (χ1v) is 5.53. The molecule has 0 aromatic rings. The maximum Gasteiger partial charge on any atom is 0.0745 e. The molecule has 0 aromatic heterocycles. The first kappa shape index (κ1) is 11.0. The predicted octanol–water partition coefficient (Wildman–Crippen LogP) is 2.35. The van der Waals surface area contributed by atoms with E-state index in [1.165, 1.54) is 32.1 Å². The SMILES string of the molecule is CCC1CCCCC1OC[C@H](C)O. The van der Waals surface area contributed by atoms with Crippen LogP contribution in [0.25, 0.3) is 0 Å². The molecule has 0 aliphatic heterocycles. The highest BCUT2D eigenvalue weighted by molar-refractivity contribution is 4.75. The molecule has 2 unspecified atom stereocenters. The van der Waals surface area contributed by atoms with Gasteiger partial charge in [-0.1, -0.05) is 26.2 Å². The highest BCUT2D eigenvalue weighted by Crippen LogP contribution is 2.29. The molecule has 0 amide bonds. The van der Waals surface area contributed by atoms with Crippen LogP contribution in [0.2, 0.25) is 0 Å². The molecule has 0 saturated heterocycles. The summed E-state index contributed by atoms with van der Waals surface area (Å²) < 4.78 is 5.70. The van der Waals surface area contributed by atoms with Gasteiger partial charge in [-0.05, 0) is 25.7 Å². The van der Waals surface area contributed by atoms with E-state index in [0.29, 0.717) is 12.7 Å². The molecule has 13 heavy (non-hydrogen) atoms. The number of rotatable bonds is 4. The maximum atomic E-state index is 9.12. The van der Waals surface area contributed by atoms with Crippen molar-refractivity contribution >= 4 is 0 Å². The quantitative estimate of drug-likeness (QED) is 0.730. The van der Waals surface area contributed by atoms with Crippen LogP contribution in [0.3, 0.4) is 0 Å². The zero-order valence-electron chi connectivity index (χ0n) is 8.83. The first-order chi connectivity index (χ1) is 6.24. The van der Waals surface area contributed by atoms with Crippen LogP contribution in [-0.2, 0) is 4.74 Å². The molecule has 0 radical (unpaired) electrons. The topological polar surface area (TPSA) is 29.5 Å². The van der Waals surface area contributed by atoms with Crippen LogP contribution in [0.1, 0.15) is 46.0 Å². The van der Waals surface area contributed by atoms with Crippen molar-refractivity contribution in [3.8, 4) is 0 Å². The largest absolute Gasteiger partial charge is 0.391 e. The minimum atomic E-state index is -0.320. The van der Waals surface area contributed by atoms with Gasteiger partial charge in [0.1, 0.15) is 0 Å². The molecule has 0 aromatic carbocycles. The van der Waals surface area contributed by atoms with E-state index in [2.05, 4.69) is 6.92 Å². The number of hydrogen-bond donors (Lipinski definition) is 1. The summed E-state index contributed by atoms with van der Waals surface area (Å²) in [4.78, 5) is 0. The van der Waals surface area contributed by atoms with E-state index < -0.39 is 0 Å². The van der Waals surface area contributed by atoms with Crippen molar-refractivity contribution < 1.29 is 9.84 Å². The van der Waals surface area contributed by atoms with E-state index in [4.69, 9.17) is 9.84 Å². The van der Waals surface area contributed by atoms with Gasteiger partial charge in [-0.3, -0.25) is 0 Å². The van der Waals surface area contributed by atoms with Gasteiger partial charge in [0.25, 0.3) is 0 Å². The first-order valence-electron chi connectivity index (χ1n) is 5.53. The standard InChI is InChI=1S/C11H22O2/c1-3-10-6-4-5-7-11(10)13-8-9(2)12/h9-12H,3-8H2,1-2H3/t9-,10?,11?/m0/s1. The summed E-state index contributed by atoms with van der Waals surface area (Å²) in [6.07, 6.45) is 6.44. The van der Waals surface area contributed by atoms with Gasteiger partial charge in [-0.15, -0.1) is 0 Å². The minimum Gasteiger partial charge on any atom is -0.391 e. The second-order valence-electron chi connectivity index (χ2n) is 4.17. The van der Waals surface area contributed by atoms with E-state index in [1.54, 1.807) is 6.92 Å². The van der Waals surface area contributed by atoms with Gasteiger partial charge in [0.05, 0.1) is 18.8 Å². The molecule has 1 saturated carbocycles. The molecule has 1 fully saturated rings. The van der Waals surface area contributed by atoms with Gasteiger partial charge < -0.3 is 9.84 Å². The van der Waals surface area contributed by atoms with Gasteiger partial charge >= 0.3 is 0 Å². The molecule has 0 bridgehead atoms. The smallest absolute Gasteiger partial charge is 0.0745 e. The molecular formula is C11H22O2. The van der Waals surface area contributed by atoms with E-state index in [-0.39, 0.29) is 6.10 Å². The summed E-state index contributed by atoms with van der Waals surface area (Å²) in [5.74, 6) is 0.729.